The number of likely N-dealkylation sites (N-methyl/N-ethyl adjacent to an activating group) is 1. The van der Waals surface area contributed by atoms with E-state index in [9.17, 15) is 4.79 Å². The van der Waals surface area contributed by atoms with E-state index in [-0.39, 0.29) is 5.91 Å². The molecule has 0 spiro atoms. The van der Waals surface area contributed by atoms with Gasteiger partial charge in [0.15, 0.2) is 0 Å². The number of nitrogens with one attached hydrogen (secondary N) is 1. The molecule has 0 radical (unpaired) electrons. The van der Waals surface area contributed by atoms with Crippen molar-refractivity contribution in [2.24, 2.45) is 0 Å². The fraction of sp³-hybridized carbons (Fsp3) is 0.458. The van der Waals surface area contributed by atoms with Gasteiger partial charge in [-0.1, -0.05) is 37.6 Å². The lowest BCUT2D eigenvalue weighted by Gasteiger charge is -2.36. The molecule has 3 rings (SSSR count). The Morgan fingerprint density at radius 1 is 1.07 bits per heavy atom. The van der Waals surface area contributed by atoms with Gasteiger partial charge in [-0.15, -0.1) is 0 Å². The molecule has 1 heterocycles. The lowest BCUT2D eigenvalue weighted by atomic mass is 9.73. The minimum Gasteiger partial charge on any atom is -0.492 e. The molecule has 1 saturated heterocycles. The lowest BCUT2D eigenvalue weighted by Crippen LogP contribution is -2.44. The Bertz CT molecular complexity index is 798. The third-order valence-electron chi connectivity index (χ3n) is 5.86. The smallest absolute Gasteiger partial charge is 0.235 e. The third-order valence-corrected chi connectivity index (χ3v) is 6.11. The highest BCUT2D eigenvalue weighted by atomic mass is 35.5. The molecule has 2 aromatic carbocycles. The highest BCUT2D eigenvalue weighted by Crippen LogP contribution is 2.36. The van der Waals surface area contributed by atoms with Crippen LogP contribution in [0.3, 0.4) is 0 Å². The number of hydrogen-bond donors (Lipinski definition) is 1. The highest BCUT2D eigenvalue weighted by Gasteiger charge is 2.41. The maximum atomic E-state index is 13.3. The van der Waals surface area contributed by atoms with Crippen LogP contribution in [0.5, 0.6) is 5.75 Å². The molecule has 162 valence electrons. The summed E-state index contributed by atoms with van der Waals surface area (Å²) in [5, 5.41) is 3.76. The number of rotatable bonds is 9. The van der Waals surface area contributed by atoms with E-state index < -0.39 is 5.41 Å². The minimum atomic E-state index is -0.609. The summed E-state index contributed by atoms with van der Waals surface area (Å²) < 4.78 is 11.4. The zero-order chi connectivity index (χ0) is 21.4. The van der Waals surface area contributed by atoms with Crippen molar-refractivity contribution in [2.75, 3.05) is 44.8 Å². The van der Waals surface area contributed by atoms with Crippen molar-refractivity contribution in [3.8, 4) is 5.75 Å². The Balaban J connectivity index is 1.65. The van der Waals surface area contributed by atoms with Crippen molar-refractivity contribution in [1.82, 2.24) is 4.90 Å². The summed E-state index contributed by atoms with van der Waals surface area (Å²) in [4.78, 5) is 15.7. The van der Waals surface area contributed by atoms with Crippen LogP contribution in [0, 0.1) is 0 Å². The summed E-state index contributed by atoms with van der Waals surface area (Å²) in [5.74, 6) is 0.793. The van der Waals surface area contributed by atoms with Gasteiger partial charge in [0, 0.05) is 30.5 Å². The molecule has 1 N–H and O–H groups in total. The molecule has 1 aliphatic rings. The Kier molecular flexibility index (Phi) is 8.14. The molecule has 0 saturated carbocycles. The first-order valence-corrected chi connectivity index (χ1v) is 11.1. The monoisotopic (exact) mass is 430 g/mol. The van der Waals surface area contributed by atoms with E-state index in [1.807, 2.05) is 48.5 Å². The summed E-state index contributed by atoms with van der Waals surface area (Å²) in [7, 11) is 0. The first kappa shape index (κ1) is 22.6. The SMILES string of the molecule is CCN(CC)CCOc1ccc(NC(=O)C2(c3ccc(Cl)cc3)CCOCC2)cc1. The average Bonchev–Trinajstić information content (AvgIpc) is 2.79. The zero-order valence-electron chi connectivity index (χ0n) is 17.8. The van der Waals surface area contributed by atoms with Gasteiger partial charge in [0.1, 0.15) is 12.4 Å². The van der Waals surface area contributed by atoms with Crippen LogP contribution in [0.15, 0.2) is 48.5 Å². The number of carbonyl (C=O) groups is 1. The van der Waals surface area contributed by atoms with Gasteiger partial charge in [-0.3, -0.25) is 4.79 Å². The van der Waals surface area contributed by atoms with Crippen molar-refractivity contribution >= 4 is 23.2 Å². The fourth-order valence-corrected chi connectivity index (χ4v) is 3.98. The second-order valence-electron chi connectivity index (χ2n) is 7.56. The van der Waals surface area contributed by atoms with Gasteiger partial charge in [-0.25, -0.2) is 0 Å². The first-order valence-electron chi connectivity index (χ1n) is 10.7. The van der Waals surface area contributed by atoms with Crippen molar-refractivity contribution in [2.45, 2.75) is 32.1 Å². The molecular weight excluding hydrogens is 400 g/mol. The lowest BCUT2D eigenvalue weighted by molar-refractivity contribution is -0.125. The Hall–Kier alpha value is -2.08. The van der Waals surface area contributed by atoms with Crippen molar-refractivity contribution in [1.29, 1.82) is 0 Å². The second-order valence-corrected chi connectivity index (χ2v) is 7.99. The predicted octanol–water partition coefficient (Wildman–Crippen LogP) is 4.75. The minimum absolute atomic E-state index is 0.0108. The molecular formula is C24H31ClN2O3. The van der Waals surface area contributed by atoms with E-state index in [0.717, 1.165) is 36.6 Å². The van der Waals surface area contributed by atoms with Gasteiger partial charge in [0.25, 0.3) is 0 Å². The number of carbonyl (C=O) groups excluding carboxylic acids is 1. The number of amides is 1. The molecule has 0 bridgehead atoms. The van der Waals surface area contributed by atoms with Crippen molar-refractivity contribution in [3.05, 3.63) is 59.1 Å². The summed E-state index contributed by atoms with van der Waals surface area (Å²) in [6.45, 7) is 9.01. The molecule has 1 fully saturated rings. The molecule has 0 atom stereocenters. The second kappa shape index (κ2) is 10.8. The molecule has 0 aliphatic carbocycles. The largest absolute Gasteiger partial charge is 0.492 e. The van der Waals surface area contributed by atoms with Gasteiger partial charge in [0.2, 0.25) is 5.91 Å². The number of nitrogens with zero attached hydrogens (tertiary/aromatic N) is 1. The maximum Gasteiger partial charge on any atom is 0.235 e. The molecule has 1 aliphatic heterocycles. The Morgan fingerprint density at radius 3 is 2.30 bits per heavy atom. The number of ether oxygens (including phenoxy) is 2. The van der Waals surface area contributed by atoms with Gasteiger partial charge >= 0.3 is 0 Å². The zero-order valence-corrected chi connectivity index (χ0v) is 18.6. The van der Waals surface area contributed by atoms with E-state index in [1.165, 1.54) is 0 Å². The van der Waals surface area contributed by atoms with Gasteiger partial charge in [-0.05, 0) is 67.9 Å². The van der Waals surface area contributed by atoms with E-state index in [2.05, 4.69) is 24.1 Å². The van der Waals surface area contributed by atoms with Crippen LogP contribution in [0.4, 0.5) is 5.69 Å². The number of benzene rings is 2. The van der Waals surface area contributed by atoms with E-state index in [4.69, 9.17) is 21.1 Å². The quantitative estimate of drug-likeness (QED) is 0.623. The molecule has 1 amide bonds. The topological polar surface area (TPSA) is 50.8 Å². The van der Waals surface area contributed by atoms with Crippen LogP contribution in [-0.4, -0.2) is 50.3 Å². The van der Waals surface area contributed by atoms with E-state index in [1.54, 1.807) is 0 Å². The molecule has 0 aromatic heterocycles. The third kappa shape index (κ3) is 5.54. The number of halogens is 1. The van der Waals surface area contributed by atoms with Crippen LogP contribution in [-0.2, 0) is 14.9 Å². The standard InChI is InChI=1S/C24H31ClN2O3/c1-3-27(4-2)15-18-30-22-11-9-21(10-12-22)26-23(28)24(13-16-29-17-14-24)19-5-7-20(25)8-6-19/h5-12H,3-4,13-18H2,1-2H3,(H,26,28). The number of anilines is 1. The molecule has 5 nitrogen and oxygen atoms in total. The Morgan fingerprint density at radius 2 is 1.70 bits per heavy atom. The first-order chi connectivity index (χ1) is 14.6. The molecule has 30 heavy (non-hydrogen) atoms. The van der Waals surface area contributed by atoms with Crippen LogP contribution in [0.2, 0.25) is 5.02 Å². The fourth-order valence-electron chi connectivity index (χ4n) is 3.85. The van der Waals surface area contributed by atoms with E-state index in [0.29, 0.717) is 37.7 Å². The average molecular weight is 431 g/mol. The molecule has 0 unspecified atom stereocenters. The predicted molar refractivity (Wildman–Crippen MR) is 122 cm³/mol. The van der Waals surface area contributed by atoms with Crippen LogP contribution in [0.1, 0.15) is 32.3 Å². The number of hydrogen-bond acceptors (Lipinski definition) is 4. The van der Waals surface area contributed by atoms with Gasteiger partial charge < -0.3 is 19.7 Å². The van der Waals surface area contributed by atoms with E-state index >= 15 is 0 Å². The van der Waals surface area contributed by atoms with Gasteiger partial charge in [0.05, 0.1) is 5.41 Å². The summed E-state index contributed by atoms with van der Waals surface area (Å²) in [5.41, 5.74) is 1.13. The van der Waals surface area contributed by atoms with Crippen LogP contribution >= 0.6 is 11.6 Å². The molecule has 2 aromatic rings. The van der Waals surface area contributed by atoms with Crippen LogP contribution < -0.4 is 10.1 Å². The molecule has 6 heteroatoms. The van der Waals surface area contributed by atoms with Crippen molar-refractivity contribution in [3.63, 3.8) is 0 Å². The normalized spacial score (nSPS) is 15.7. The van der Waals surface area contributed by atoms with Gasteiger partial charge in [-0.2, -0.15) is 0 Å². The Labute approximate surface area is 184 Å². The summed E-state index contributed by atoms with van der Waals surface area (Å²) in [6, 6.07) is 15.1. The summed E-state index contributed by atoms with van der Waals surface area (Å²) >= 11 is 6.05. The highest BCUT2D eigenvalue weighted by molar-refractivity contribution is 6.30. The van der Waals surface area contributed by atoms with Crippen molar-refractivity contribution < 1.29 is 14.3 Å². The maximum absolute atomic E-state index is 13.3. The summed E-state index contributed by atoms with van der Waals surface area (Å²) in [6.07, 6.45) is 1.29. The van der Waals surface area contributed by atoms with Crippen LogP contribution in [0.25, 0.3) is 0 Å².